The van der Waals surface area contributed by atoms with Crippen LogP contribution in [-0.4, -0.2) is 56.9 Å². The molecular formula is C23H29ClN2O4S. The molecule has 6 nitrogen and oxygen atoms in total. The van der Waals surface area contributed by atoms with Gasteiger partial charge in [-0.1, -0.05) is 54.8 Å². The summed E-state index contributed by atoms with van der Waals surface area (Å²) in [6.45, 7) is 2.13. The molecule has 0 atom stereocenters. The SMILES string of the molecule is COCCN(Cc1ccccc1)C(=O)c1ccc(Cl)c(S(=O)(=O)N2CCCCCC2)c1. The lowest BCUT2D eigenvalue weighted by atomic mass is 10.1. The van der Waals surface area contributed by atoms with Crippen molar-refractivity contribution in [2.45, 2.75) is 37.1 Å². The number of rotatable bonds is 8. The molecule has 1 saturated heterocycles. The molecule has 0 aromatic heterocycles. The maximum atomic E-state index is 13.3. The second kappa shape index (κ2) is 11.1. The van der Waals surface area contributed by atoms with Crippen LogP contribution in [0.3, 0.4) is 0 Å². The monoisotopic (exact) mass is 464 g/mol. The summed E-state index contributed by atoms with van der Waals surface area (Å²) in [5, 5.41) is 0.132. The van der Waals surface area contributed by atoms with Gasteiger partial charge in [-0.25, -0.2) is 8.42 Å². The number of hydrogen-bond donors (Lipinski definition) is 0. The summed E-state index contributed by atoms with van der Waals surface area (Å²) in [5.41, 5.74) is 1.28. The maximum Gasteiger partial charge on any atom is 0.254 e. The van der Waals surface area contributed by atoms with Crippen molar-refractivity contribution in [3.8, 4) is 0 Å². The summed E-state index contributed by atoms with van der Waals surface area (Å²) in [6, 6.07) is 14.1. The molecule has 2 aromatic carbocycles. The zero-order valence-electron chi connectivity index (χ0n) is 17.8. The molecule has 2 aromatic rings. The molecule has 8 heteroatoms. The van der Waals surface area contributed by atoms with Crippen LogP contribution in [0.1, 0.15) is 41.6 Å². The normalized spacial score (nSPS) is 15.4. The molecule has 1 aliphatic rings. The third-order valence-electron chi connectivity index (χ3n) is 5.43. The average molecular weight is 465 g/mol. The van der Waals surface area contributed by atoms with E-state index >= 15 is 0 Å². The standard InChI is InChI=1S/C23H29ClN2O4S/c1-30-16-15-25(18-19-9-5-4-6-10-19)23(27)20-11-12-21(24)22(17-20)31(28,29)26-13-7-2-3-8-14-26/h4-6,9-12,17H,2-3,7-8,13-16,18H2,1H3. The van der Waals surface area contributed by atoms with E-state index in [2.05, 4.69) is 0 Å². The fourth-order valence-corrected chi connectivity index (χ4v) is 5.71. The van der Waals surface area contributed by atoms with Crippen LogP contribution in [0.2, 0.25) is 5.02 Å². The number of ether oxygens (including phenoxy) is 1. The Morgan fingerprint density at radius 1 is 1.06 bits per heavy atom. The topological polar surface area (TPSA) is 66.9 Å². The first-order valence-corrected chi connectivity index (χ1v) is 12.4. The first-order valence-electron chi connectivity index (χ1n) is 10.6. The summed E-state index contributed by atoms with van der Waals surface area (Å²) in [5.74, 6) is -0.259. The quantitative estimate of drug-likeness (QED) is 0.587. The van der Waals surface area contributed by atoms with Crippen molar-refractivity contribution in [1.29, 1.82) is 0 Å². The number of amides is 1. The van der Waals surface area contributed by atoms with Crippen molar-refractivity contribution < 1.29 is 17.9 Å². The van der Waals surface area contributed by atoms with Crippen molar-refractivity contribution in [2.75, 3.05) is 33.4 Å². The molecule has 1 heterocycles. The predicted octanol–water partition coefficient (Wildman–Crippen LogP) is 4.19. The van der Waals surface area contributed by atoms with E-state index < -0.39 is 10.0 Å². The first-order chi connectivity index (χ1) is 14.9. The van der Waals surface area contributed by atoms with E-state index in [-0.39, 0.29) is 15.8 Å². The molecule has 0 aliphatic carbocycles. The Bertz CT molecular complexity index is 974. The zero-order valence-corrected chi connectivity index (χ0v) is 19.4. The fraction of sp³-hybridized carbons (Fsp3) is 0.435. The summed E-state index contributed by atoms with van der Waals surface area (Å²) >= 11 is 6.29. The second-order valence-corrected chi connectivity index (χ2v) is 9.98. The van der Waals surface area contributed by atoms with Gasteiger partial charge in [0.1, 0.15) is 4.90 Å². The molecule has 1 amide bonds. The first kappa shape index (κ1) is 23.7. The summed E-state index contributed by atoms with van der Waals surface area (Å²) in [6.07, 6.45) is 3.70. The highest BCUT2D eigenvalue weighted by Crippen LogP contribution is 2.28. The minimum Gasteiger partial charge on any atom is -0.383 e. The van der Waals surface area contributed by atoms with Gasteiger partial charge < -0.3 is 9.64 Å². The Hall–Kier alpha value is -1.93. The van der Waals surface area contributed by atoms with Crippen LogP contribution in [0, 0.1) is 0 Å². The summed E-state index contributed by atoms with van der Waals surface area (Å²) < 4.78 is 33.2. The second-order valence-electron chi connectivity index (χ2n) is 7.67. The van der Waals surface area contributed by atoms with Crippen LogP contribution >= 0.6 is 11.6 Å². The Morgan fingerprint density at radius 3 is 2.39 bits per heavy atom. The van der Waals surface area contributed by atoms with Crippen LogP contribution in [0.25, 0.3) is 0 Å². The highest BCUT2D eigenvalue weighted by molar-refractivity contribution is 7.89. The lowest BCUT2D eigenvalue weighted by Crippen LogP contribution is -2.34. The van der Waals surface area contributed by atoms with Gasteiger partial charge in [-0.05, 0) is 36.6 Å². The van der Waals surface area contributed by atoms with Crippen molar-refractivity contribution in [1.82, 2.24) is 9.21 Å². The van der Waals surface area contributed by atoms with Gasteiger partial charge in [0.15, 0.2) is 0 Å². The third-order valence-corrected chi connectivity index (χ3v) is 7.81. The maximum absolute atomic E-state index is 13.3. The third kappa shape index (κ3) is 6.07. The Labute approximate surface area is 189 Å². The van der Waals surface area contributed by atoms with Crippen LogP contribution < -0.4 is 0 Å². The molecule has 0 bridgehead atoms. The molecule has 168 valence electrons. The van der Waals surface area contributed by atoms with E-state index in [1.54, 1.807) is 18.1 Å². The van der Waals surface area contributed by atoms with Gasteiger partial charge in [-0.3, -0.25) is 4.79 Å². The number of nitrogens with zero attached hydrogens (tertiary/aromatic N) is 2. The van der Waals surface area contributed by atoms with Crippen molar-refractivity contribution >= 4 is 27.5 Å². The molecular weight excluding hydrogens is 436 g/mol. The Morgan fingerprint density at radius 2 is 1.74 bits per heavy atom. The lowest BCUT2D eigenvalue weighted by Gasteiger charge is -2.24. The van der Waals surface area contributed by atoms with Gasteiger partial charge >= 0.3 is 0 Å². The van der Waals surface area contributed by atoms with E-state index in [0.717, 1.165) is 31.2 Å². The molecule has 0 unspecified atom stereocenters. The van der Waals surface area contributed by atoms with Crippen molar-refractivity contribution in [3.63, 3.8) is 0 Å². The number of halogens is 1. The van der Waals surface area contributed by atoms with E-state index in [1.807, 2.05) is 30.3 Å². The van der Waals surface area contributed by atoms with Crippen LogP contribution in [0.4, 0.5) is 0 Å². The minimum absolute atomic E-state index is 0.00619. The number of sulfonamides is 1. The lowest BCUT2D eigenvalue weighted by molar-refractivity contribution is 0.0680. The molecule has 0 spiro atoms. The Balaban J connectivity index is 1.89. The largest absolute Gasteiger partial charge is 0.383 e. The van der Waals surface area contributed by atoms with E-state index in [1.165, 1.54) is 16.4 Å². The molecule has 3 rings (SSSR count). The van der Waals surface area contributed by atoms with E-state index in [4.69, 9.17) is 16.3 Å². The number of methoxy groups -OCH3 is 1. The van der Waals surface area contributed by atoms with Gasteiger partial charge in [-0.15, -0.1) is 0 Å². The van der Waals surface area contributed by atoms with Gasteiger partial charge in [0.2, 0.25) is 10.0 Å². The van der Waals surface area contributed by atoms with Gasteiger partial charge in [0, 0.05) is 38.9 Å². The van der Waals surface area contributed by atoms with E-state index in [0.29, 0.717) is 38.3 Å². The number of benzene rings is 2. The number of carbonyl (C=O) groups excluding carboxylic acids is 1. The van der Waals surface area contributed by atoms with E-state index in [9.17, 15) is 13.2 Å². The number of hydrogen-bond acceptors (Lipinski definition) is 4. The van der Waals surface area contributed by atoms with Crippen molar-refractivity contribution in [3.05, 3.63) is 64.7 Å². The van der Waals surface area contributed by atoms with Gasteiger partial charge in [-0.2, -0.15) is 4.31 Å². The summed E-state index contributed by atoms with van der Waals surface area (Å²) in [4.78, 5) is 14.9. The van der Waals surface area contributed by atoms with Gasteiger partial charge in [0.05, 0.1) is 11.6 Å². The van der Waals surface area contributed by atoms with Gasteiger partial charge in [0.25, 0.3) is 5.91 Å². The average Bonchev–Trinajstić information content (AvgIpc) is 3.07. The number of carbonyl (C=O) groups is 1. The fourth-order valence-electron chi connectivity index (χ4n) is 3.70. The summed E-state index contributed by atoms with van der Waals surface area (Å²) in [7, 11) is -2.18. The zero-order chi connectivity index (χ0) is 22.3. The molecule has 1 aliphatic heterocycles. The Kier molecular flexibility index (Phi) is 8.49. The van der Waals surface area contributed by atoms with Crippen LogP contribution in [0.15, 0.2) is 53.4 Å². The smallest absolute Gasteiger partial charge is 0.254 e. The van der Waals surface area contributed by atoms with Crippen LogP contribution in [-0.2, 0) is 21.3 Å². The molecule has 0 radical (unpaired) electrons. The highest BCUT2D eigenvalue weighted by atomic mass is 35.5. The predicted molar refractivity (Wildman–Crippen MR) is 122 cm³/mol. The molecule has 31 heavy (non-hydrogen) atoms. The molecule has 0 saturated carbocycles. The molecule has 1 fully saturated rings. The minimum atomic E-state index is -3.77. The van der Waals surface area contributed by atoms with Crippen molar-refractivity contribution in [2.24, 2.45) is 0 Å². The van der Waals surface area contributed by atoms with Crippen LogP contribution in [0.5, 0.6) is 0 Å². The highest BCUT2D eigenvalue weighted by Gasteiger charge is 2.29. The molecule has 0 N–H and O–H groups in total.